The van der Waals surface area contributed by atoms with Crippen molar-refractivity contribution in [1.82, 2.24) is 5.32 Å². The molecule has 0 aliphatic rings. The highest BCUT2D eigenvalue weighted by atomic mass is 16.5. The van der Waals surface area contributed by atoms with E-state index in [1.165, 1.54) is 0 Å². The fourth-order valence-electron chi connectivity index (χ4n) is 1.65. The van der Waals surface area contributed by atoms with E-state index in [0.29, 0.717) is 24.1 Å². The molecular weight excluding hydrogens is 270 g/mol. The number of benzene rings is 1. The molecule has 0 aromatic heterocycles. The predicted octanol–water partition coefficient (Wildman–Crippen LogP) is 2.68. The van der Waals surface area contributed by atoms with Crippen LogP contribution in [-0.4, -0.2) is 30.8 Å². The van der Waals surface area contributed by atoms with Gasteiger partial charge in [0.15, 0.2) is 11.5 Å². The summed E-state index contributed by atoms with van der Waals surface area (Å²) in [4.78, 5) is 11.2. The van der Waals surface area contributed by atoms with E-state index in [9.17, 15) is 4.79 Å². The van der Waals surface area contributed by atoms with Gasteiger partial charge in [-0.3, -0.25) is 4.79 Å². The molecule has 0 saturated carbocycles. The van der Waals surface area contributed by atoms with Crippen LogP contribution in [0.25, 0.3) is 0 Å². The number of methoxy groups -OCH3 is 1. The van der Waals surface area contributed by atoms with E-state index >= 15 is 0 Å². The third kappa shape index (κ3) is 4.93. The molecular formula is C16H25NO4. The van der Waals surface area contributed by atoms with Crippen LogP contribution in [0.4, 0.5) is 0 Å². The van der Waals surface area contributed by atoms with Gasteiger partial charge in [-0.25, -0.2) is 0 Å². The highest BCUT2D eigenvalue weighted by Gasteiger charge is 2.29. The van der Waals surface area contributed by atoms with Gasteiger partial charge in [0.25, 0.3) is 0 Å². The molecule has 1 aromatic carbocycles. The Kier molecular flexibility index (Phi) is 6.03. The van der Waals surface area contributed by atoms with E-state index in [0.717, 1.165) is 5.56 Å². The Labute approximate surface area is 126 Å². The van der Waals surface area contributed by atoms with Crippen LogP contribution in [0.1, 0.15) is 33.3 Å². The number of carboxylic acids is 1. The number of aliphatic carboxylic acids is 1. The molecule has 1 rings (SSSR count). The van der Waals surface area contributed by atoms with Crippen molar-refractivity contribution in [2.45, 2.75) is 40.3 Å². The average molecular weight is 295 g/mol. The van der Waals surface area contributed by atoms with Crippen LogP contribution in [0.15, 0.2) is 18.2 Å². The van der Waals surface area contributed by atoms with Crippen molar-refractivity contribution in [2.24, 2.45) is 5.41 Å². The summed E-state index contributed by atoms with van der Waals surface area (Å²) in [6.45, 7) is 8.12. The molecule has 0 spiro atoms. The van der Waals surface area contributed by atoms with E-state index < -0.39 is 11.4 Å². The Hall–Kier alpha value is -1.75. The standard InChI is InChI=1S/C16H25NO4/c1-11(2)17-9-12-7-6-8-13(20-5)14(12)21-10-16(3,4)15(18)19/h6-8,11,17H,9-10H2,1-5H3,(H,18,19). The fourth-order valence-corrected chi connectivity index (χ4v) is 1.65. The number of carbonyl (C=O) groups is 1. The van der Waals surface area contributed by atoms with E-state index in [2.05, 4.69) is 19.2 Å². The molecule has 5 heteroatoms. The molecule has 0 radical (unpaired) electrons. The van der Waals surface area contributed by atoms with Gasteiger partial charge >= 0.3 is 5.97 Å². The van der Waals surface area contributed by atoms with Crippen LogP contribution in [-0.2, 0) is 11.3 Å². The van der Waals surface area contributed by atoms with Crippen molar-refractivity contribution in [3.63, 3.8) is 0 Å². The van der Waals surface area contributed by atoms with E-state index in [-0.39, 0.29) is 6.61 Å². The molecule has 21 heavy (non-hydrogen) atoms. The Bertz CT molecular complexity index is 483. The lowest BCUT2D eigenvalue weighted by Crippen LogP contribution is -2.31. The van der Waals surface area contributed by atoms with Crippen molar-refractivity contribution >= 4 is 5.97 Å². The predicted molar refractivity (Wildman–Crippen MR) is 81.9 cm³/mol. The number of nitrogens with one attached hydrogen (secondary N) is 1. The highest BCUT2D eigenvalue weighted by molar-refractivity contribution is 5.73. The second-order valence-electron chi connectivity index (χ2n) is 5.96. The monoisotopic (exact) mass is 295 g/mol. The molecule has 0 aliphatic carbocycles. The maximum absolute atomic E-state index is 11.2. The summed E-state index contributed by atoms with van der Waals surface area (Å²) in [6, 6.07) is 5.99. The minimum absolute atomic E-state index is 0.0807. The third-order valence-corrected chi connectivity index (χ3v) is 3.14. The van der Waals surface area contributed by atoms with E-state index in [1.54, 1.807) is 21.0 Å². The second kappa shape index (κ2) is 7.31. The smallest absolute Gasteiger partial charge is 0.312 e. The first kappa shape index (κ1) is 17.3. The van der Waals surface area contributed by atoms with Gasteiger partial charge in [-0.15, -0.1) is 0 Å². The molecule has 0 atom stereocenters. The zero-order chi connectivity index (χ0) is 16.0. The molecule has 118 valence electrons. The molecule has 0 aliphatic heterocycles. The van der Waals surface area contributed by atoms with Crippen molar-refractivity contribution in [3.05, 3.63) is 23.8 Å². The fraction of sp³-hybridized carbons (Fsp3) is 0.562. The summed E-state index contributed by atoms with van der Waals surface area (Å²) in [5, 5.41) is 12.5. The third-order valence-electron chi connectivity index (χ3n) is 3.14. The normalized spacial score (nSPS) is 11.5. The summed E-state index contributed by atoms with van der Waals surface area (Å²) in [5.41, 5.74) is -0.00639. The zero-order valence-electron chi connectivity index (χ0n) is 13.4. The summed E-state index contributed by atoms with van der Waals surface area (Å²) in [5.74, 6) is 0.320. The van der Waals surface area contributed by atoms with Crippen LogP contribution in [0.5, 0.6) is 11.5 Å². The maximum Gasteiger partial charge on any atom is 0.312 e. The van der Waals surface area contributed by atoms with Crippen LogP contribution < -0.4 is 14.8 Å². The first-order valence-corrected chi connectivity index (χ1v) is 7.03. The minimum Gasteiger partial charge on any atom is -0.493 e. The average Bonchev–Trinajstić information content (AvgIpc) is 2.42. The van der Waals surface area contributed by atoms with Crippen molar-refractivity contribution in [3.8, 4) is 11.5 Å². The lowest BCUT2D eigenvalue weighted by molar-refractivity contribution is -0.148. The number of ether oxygens (including phenoxy) is 2. The molecule has 0 amide bonds. The first-order valence-electron chi connectivity index (χ1n) is 7.03. The highest BCUT2D eigenvalue weighted by Crippen LogP contribution is 2.32. The minimum atomic E-state index is -0.955. The van der Waals surface area contributed by atoms with Crippen LogP contribution >= 0.6 is 0 Å². The Morgan fingerprint density at radius 1 is 1.38 bits per heavy atom. The van der Waals surface area contributed by atoms with Gasteiger partial charge in [0.2, 0.25) is 0 Å². The van der Waals surface area contributed by atoms with Gasteiger partial charge in [-0.2, -0.15) is 0 Å². The number of para-hydroxylation sites is 1. The summed E-state index contributed by atoms with van der Waals surface area (Å²) in [7, 11) is 1.57. The Morgan fingerprint density at radius 2 is 2.05 bits per heavy atom. The molecule has 0 saturated heterocycles. The number of carboxylic acid groups (broad SMARTS) is 1. The van der Waals surface area contributed by atoms with Gasteiger partial charge in [0.05, 0.1) is 12.5 Å². The number of rotatable bonds is 8. The van der Waals surface area contributed by atoms with Crippen molar-refractivity contribution in [1.29, 1.82) is 0 Å². The topological polar surface area (TPSA) is 67.8 Å². The van der Waals surface area contributed by atoms with E-state index in [1.807, 2.05) is 18.2 Å². The van der Waals surface area contributed by atoms with E-state index in [4.69, 9.17) is 14.6 Å². The summed E-state index contributed by atoms with van der Waals surface area (Å²) >= 11 is 0. The number of hydrogen-bond donors (Lipinski definition) is 2. The second-order valence-corrected chi connectivity index (χ2v) is 5.96. The van der Waals surface area contributed by atoms with Crippen LogP contribution in [0, 0.1) is 5.41 Å². The Balaban J connectivity index is 2.94. The molecule has 0 fully saturated rings. The van der Waals surface area contributed by atoms with Crippen LogP contribution in [0.3, 0.4) is 0 Å². The summed E-state index contributed by atoms with van der Waals surface area (Å²) in [6.07, 6.45) is 0. The SMILES string of the molecule is COc1cccc(CNC(C)C)c1OCC(C)(C)C(=O)O. The van der Waals surface area contributed by atoms with Gasteiger partial charge < -0.3 is 19.9 Å². The quantitative estimate of drug-likeness (QED) is 0.772. The molecule has 1 aromatic rings. The van der Waals surface area contributed by atoms with Crippen molar-refractivity contribution < 1.29 is 19.4 Å². The molecule has 5 nitrogen and oxygen atoms in total. The largest absolute Gasteiger partial charge is 0.493 e. The van der Waals surface area contributed by atoms with Gasteiger partial charge in [-0.05, 0) is 19.9 Å². The molecule has 2 N–H and O–H groups in total. The molecule has 0 unspecified atom stereocenters. The molecule has 0 heterocycles. The van der Waals surface area contributed by atoms with Crippen molar-refractivity contribution in [2.75, 3.05) is 13.7 Å². The lowest BCUT2D eigenvalue weighted by Gasteiger charge is -2.22. The van der Waals surface area contributed by atoms with Gasteiger partial charge in [0, 0.05) is 18.2 Å². The molecule has 0 bridgehead atoms. The maximum atomic E-state index is 11.2. The Morgan fingerprint density at radius 3 is 2.57 bits per heavy atom. The summed E-state index contributed by atoms with van der Waals surface area (Å²) < 4.78 is 11.1. The van der Waals surface area contributed by atoms with Crippen LogP contribution in [0.2, 0.25) is 0 Å². The first-order chi connectivity index (χ1) is 9.77. The van der Waals surface area contributed by atoms with Gasteiger partial charge in [0.1, 0.15) is 6.61 Å². The number of hydrogen-bond acceptors (Lipinski definition) is 4. The lowest BCUT2D eigenvalue weighted by atomic mass is 9.95. The van der Waals surface area contributed by atoms with Gasteiger partial charge in [-0.1, -0.05) is 26.0 Å². The zero-order valence-corrected chi connectivity index (χ0v) is 13.4.